The summed E-state index contributed by atoms with van der Waals surface area (Å²) in [6, 6.07) is 22.7. The molecule has 14 nitrogen and oxygen atoms in total. The SMILES string of the molecule is C.CCOP(=O)(Cc1csc(NC(=O)c2cc(OCCc3ccccc3F)cc(O[C@@H](C)COC)c2)n1)OCC.COC[C@H](C)Oc1cc(OCCc2ccccc2F)cc(C(=O)OC)c1. The van der Waals surface area contributed by atoms with Crippen molar-refractivity contribution < 1.29 is 65.1 Å². The van der Waals surface area contributed by atoms with E-state index in [0.717, 1.165) is 0 Å². The first kappa shape index (κ1) is 54.9. The molecule has 0 spiro atoms. The van der Waals surface area contributed by atoms with Crippen molar-refractivity contribution in [1.82, 2.24) is 4.98 Å². The molecule has 4 aromatic carbocycles. The monoisotopic (exact) mass is 958 g/mol. The lowest BCUT2D eigenvalue weighted by atomic mass is 10.1. The number of hydrogen-bond acceptors (Lipinski definition) is 14. The quantitative estimate of drug-likeness (QED) is 0.0435. The number of carbonyl (C=O) groups excluding carboxylic acids is 2. The lowest BCUT2D eigenvalue weighted by Gasteiger charge is -2.16. The topological polar surface area (TPSA) is 159 Å². The minimum atomic E-state index is -3.32. The second-order valence-electron chi connectivity index (χ2n) is 14.2. The summed E-state index contributed by atoms with van der Waals surface area (Å²) in [4.78, 5) is 29.4. The molecule has 66 heavy (non-hydrogen) atoms. The van der Waals surface area contributed by atoms with Crippen LogP contribution in [0.3, 0.4) is 0 Å². The number of benzene rings is 4. The van der Waals surface area contributed by atoms with Crippen LogP contribution in [0.2, 0.25) is 0 Å². The summed E-state index contributed by atoms with van der Waals surface area (Å²) in [5.74, 6) is 0.244. The normalized spacial score (nSPS) is 11.8. The van der Waals surface area contributed by atoms with Gasteiger partial charge in [-0.15, -0.1) is 11.3 Å². The fourth-order valence-corrected chi connectivity index (χ4v) is 8.53. The van der Waals surface area contributed by atoms with Gasteiger partial charge in [0.05, 0.1) is 64.2 Å². The van der Waals surface area contributed by atoms with Crippen LogP contribution in [-0.2, 0) is 46.8 Å². The molecule has 0 aliphatic rings. The number of hydrogen-bond donors (Lipinski definition) is 1. The van der Waals surface area contributed by atoms with Crippen molar-refractivity contribution in [3.05, 3.63) is 130 Å². The molecular weight excluding hydrogens is 898 g/mol. The van der Waals surface area contributed by atoms with Crippen LogP contribution in [0.5, 0.6) is 23.0 Å². The zero-order valence-electron chi connectivity index (χ0n) is 37.6. The molecular formula is C48H61F2N2O12PS. The number of anilines is 1. The Bertz CT molecular complexity index is 2310. The van der Waals surface area contributed by atoms with Gasteiger partial charge in [0, 0.05) is 50.1 Å². The average Bonchev–Trinajstić information content (AvgIpc) is 3.70. The molecule has 2 atom stereocenters. The summed E-state index contributed by atoms with van der Waals surface area (Å²) in [7, 11) is 1.14. The highest BCUT2D eigenvalue weighted by Gasteiger charge is 2.26. The number of rotatable bonds is 25. The highest BCUT2D eigenvalue weighted by Crippen LogP contribution is 2.51. The lowest BCUT2D eigenvalue weighted by molar-refractivity contribution is 0.0598. The van der Waals surface area contributed by atoms with E-state index in [-0.39, 0.29) is 69.4 Å². The Morgan fingerprint density at radius 2 is 1.18 bits per heavy atom. The van der Waals surface area contributed by atoms with Crippen molar-refractivity contribution in [1.29, 1.82) is 0 Å². The molecule has 1 aromatic heterocycles. The fraction of sp³-hybridized carbons (Fsp3) is 0.396. The summed E-state index contributed by atoms with van der Waals surface area (Å²) in [5.41, 5.74) is 2.19. The molecule has 0 radical (unpaired) electrons. The van der Waals surface area contributed by atoms with E-state index in [9.17, 15) is 22.9 Å². The number of aromatic nitrogens is 1. The van der Waals surface area contributed by atoms with Gasteiger partial charge in [-0.25, -0.2) is 18.6 Å². The first-order valence-electron chi connectivity index (χ1n) is 20.8. The summed E-state index contributed by atoms with van der Waals surface area (Å²) in [5, 5.41) is 4.79. The first-order valence-corrected chi connectivity index (χ1v) is 23.4. The average molecular weight is 959 g/mol. The molecule has 5 rings (SSSR count). The van der Waals surface area contributed by atoms with Gasteiger partial charge in [-0.2, -0.15) is 0 Å². The zero-order valence-corrected chi connectivity index (χ0v) is 39.3. The second-order valence-corrected chi connectivity index (χ2v) is 17.1. The maximum absolute atomic E-state index is 14.0. The van der Waals surface area contributed by atoms with Crippen LogP contribution in [-0.4, -0.2) is 90.0 Å². The van der Waals surface area contributed by atoms with Gasteiger partial charge < -0.3 is 42.2 Å². The van der Waals surface area contributed by atoms with Gasteiger partial charge >= 0.3 is 13.6 Å². The van der Waals surface area contributed by atoms with Crippen LogP contribution in [0.25, 0.3) is 0 Å². The number of nitrogens with zero attached hydrogens (tertiary/aromatic N) is 1. The number of methoxy groups -OCH3 is 3. The minimum absolute atomic E-state index is 0. The van der Waals surface area contributed by atoms with Crippen LogP contribution in [0.1, 0.15) is 72.7 Å². The third-order valence-electron chi connectivity index (χ3n) is 8.90. The third-order valence-corrected chi connectivity index (χ3v) is 11.7. The molecule has 0 fully saturated rings. The van der Waals surface area contributed by atoms with E-state index in [1.54, 1.807) is 106 Å². The molecule has 18 heteroatoms. The van der Waals surface area contributed by atoms with Gasteiger partial charge in [0.1, 0.15) is 46.8 Å². The standard InChI is InChI=1S/C27H34FN2O7PS.C20H23FO5.CH4/c1-5-35-38(32,36-6-2)17-22-18-39-27(29-22)30-26(31)21-13-23(15-24(14-21)37-19(3)16-33-4)34-12-11-20-9-7-8-10-25(20)28;1-14(13-23-2)26-18-11-16(20(22)24-3)10-17(12-18)25-9-8-15-6-4-5-7-19(15)21;/h7-10,13-15,18-19H,5-6,11-12,16-17H2,1-4H3,(H,29,30,31);4-7,10-12,14H,8-9,13H2,1-3H3;1H4/t19-;14-;/m00./s1. The number of amides is 1. The molecule has 1 N–H and O–H groups in total. The van der Waals surface area contributed by atoms with Crippen LogP contribution >= 0.6 is 18.9 Å². The fourth-order valence-electron chi connectivity index (χ4n) is 6.10. The van der Waals surface area contributed by atoms with Crippen LogP contribution < -0.4 is 24.3 Å². The molecule has 5 aromatic rings. The highest BCUT2D eigenvalue weighted by atomic mass is 32.1. The lowest BCUT2D eigenvalue weighted by Crippen LogP contribution is -2.19. The largest absolute Gasteiger partial charge is 0.493 e. The summed E-state index contributed by atoms with van der Waals surface area (Å²) in [6.45, 7) is 8.90. The van der Waals surface area contributed by atoms with Crippen molar-refractivity contribution in [2.75, 3.05) is 66.3 Å². The van der Waals surface area contributed by atoms with Gasteiger partial charge in [-0.05, 0) is 75.2 Å². The van der Waals surface area contributed by atoms with Gasteiger partial charge in [0.25, 0.3) is 5.91 Å². The van der Waals surface area contributed by atoms with Crippen molar-refractivity contribution in [2.24, 2.45) is 0 Å². The highest BCUT2D eigenvalue weighted by molar-refractivity contribution is 7.53. The Hall–Kier alpha value is -5.42. The molecule has 0 aliphatic heterocycles. The number of halogens is 2. The van der Waals surface area contributed by atoms with E-state index in [1.807, 2.05) is 13.8 Å². The van der Waals surface area contributed by atoms with Crippen molar-refractivity contribution in [3.8, 4) is 23.0 Å². The zero-order chi connectivity index (χ0) is 47.2. The number of nitrogens with one attached hydrogen (secondary N) is 1. The Kier molecular flexibility index (Phi) is 23.8. The van der Waals surface area contributed by atoms with Crippen molar-refractivity contribution in [2.45, 2.75) is 66.3 Å². The molecule has 360 valence electrons. The summed E-state index contributed by atoms with van der Waals surface area (Å²) in [6.07, 6.45) is 0.300. The molecule has 1 amide bonds. The van der Waals surface area contributed by atoms with Crippen LogP contribution in [0.4, 0.5) is 13.9 Å². The maximum Gasteiger partial charge on any atom is 0.338 e. The van der Waals surface area contributed by atoms with E-state index >= 15 is 0 Å². The van der Waals surface area contributed by atoms with E-state index in [2.05, 4.69) is 10.3 Å². The van der Waals surface area contributed by atoms with Gasteiger partial charge in [0.2, 0.25) is 0 Å². The first-order chi connectivity index (χ1) is 31.3. The Labute approximate surface area is 390 Å². The molecule has 0 unspecified atom stereocenters. The number of ether oxygens (including phenoxy) is 7. The number of esters is 1. The smallest absolute Gasteiger partial charge is 0.338 e. The molecule has 0 aliphatic carbocycles. The molecule has 0 bridgehead atoms. The van der Waals surface area contributed by atoms with E-state index in [1.165, 1.54) is 30.6 Å². The van der Waals surface area contributed by atoms with E-state index in [0.29, 0.717) is 76.6 Å². The van der Waals surface area contributed by atoms with Gasteiger partial charge in [0.15, 0.2) is 5.13 Å². The second kappa shape index (κ2) is 28.6. The third kappa shape index (κ3) is 18.5. The van der Waals surface area contributed by atoms with Crippen molar-refractivity contribution >= 4 is 35.9 Å². The molecule has 0 saturated carbocycles. The predicted octanol–water partition coefficient (Wildman–Crippen LogP) is 10.6. The molecule has 1 heterocycles. The van der Waals surface area contributed by atoms with Crippen LogP contribution in [0, 0.1) is 11.6 Å². The van der Waals surface area contributed by atoms with Gasteiger partial charge in [-0.1, -0.05) is 43.8 Å². The summed E-state index contributed by atoms with van der Waals surface area (Å²) >= 11 is 1.20. The molecule has 0 saturated heterocycles. The Morgan fingerprint density at radius 1 is 0.712 bits per heavy atom. The van der Waals surface area contributed by atoms with Crippen LogP contribution in [0.15, 0.2) is 90.3 Å². The number of carbonyl (C=O) groups is 2. The maximum atomic E-state index is 14.0. The van der Waals surface area contributed by atoms with Gasteiger partial charge in [-0.3, -0.25) is 14.7 Å². The number of thiazole rings is 1. The Morgan fingerprint density at radius 3 is 1.65 bits per heavy atom. The van der Waals surface area contributed by atoms with Crippen molar-refractivity contribution in [3.63, 3.8) is 0 Å². The Balaban J connectivity index is 0.000000373. The van der Waals surface area contributed by atoms with E-state index in [4.69, 9.17) is 42.2 Å². The minimum Gasteiger partial charge on any atom is -0.493 e. The summed E-state index contributed by atoms with van der Waals surface area (Å²) < 4.78 is 89.3. The predicted molar refractivity (Wildman–Crippen MR) is 251 cm³/mol. The van der Waals surface area contributed by atoms with E-state index < -0.39 is 19.5 Å².